The molecule has 0 aliphatic carbocycles. The molecule has 0 N–H and O–H groups in total. The molecule has 17 heavy (non-hydrogen) atoms. The zero-order chi connectivity index (χ0) is 13.0. The maximum absolute atomic E-state index is 5.91. The van der Waals surface area contributed by atoms with Crippen LogP contribution in [0, 0.1) is 0 Å². The fourth-order valence-corrected chi connectivity index (χ4v) is 2.58. The van der Waals surface area contributed by atoms with Crippen LogP contribution in [0.5, 0.6) is 0 Å². The quantitative estimate of drug-likeness (QED) is 0.709. The molecule has 0 aromatic heterocycles. The zero-order valence-corrected chi connectivity index (χ0v) is 12.7. The molecule has 0 radical (unpaired) electrons. The molecule has 0 bridgehead atoms. The highest BCUT2D eigenvalue weighted by atomic mass is 31.1. The SMILES string of the molecule is C=[P+](OCC1CN(C(C)C)CC(C)O1)C(C)C. The maximum atomic E-state index is 5.91. The summed E-state index contributed by atoms with van der Waals surface area (Å²) >= 11 is 0. The van der Waals surface area contributed by atoms with Gasteiger partial charge in [0.15, 0.2) is 0 Å². The minimum atomic E-state index is -0.557. The smallest absolute Gasteiger partial charge is 0.249 e. The van der Waals surface area contributed by atoms with Crippen LogP contribution in [0.25, 0.3) is 0 Å². The van der Waals surface area contributed by atoms with Crippen LogP contribution in [0.15, 0.2) is 0 Å². The Morgan fingerprint density at radius 3 is 2.53 bits per heavy atom. The van der Waals surface area contributed by atoms with Gasteiger partial charge < -0.3 is 4.74 Å². The average Bonchev–Trinajstić information content (AvgIpc) is 2.24. The highest BCUT2D eigenvalue weighted by molar-refractivity contribution is 7.51. The van der Waals surface area contributed by atoms with Crippen molar-refractivity contribution in [3.05, 3.63) is 0 Å². The van der Waals surface area contributed by atoms with Crippen LogP contribution in [0.1, 0.15) is 34.6 Å². The number of hydrogen-bond donors (Lipinski definition) is 0. The Morgan fingerprint density at radius 2 is 2.00 bits per heavy atom. The van der Waals surface area contributed by atoms with E-state index in [1.807, 2.05) is 0 Å². The Morgan fingerprint density at radius 1 is 1.35 bits per heavy atom. The second kappa shape index (κ2) is 6.84. The van der Waals surface area contributed by atoms with Gasteiger partial charge in [-0.05, 0) is 34.6 Å². The first-order chi connectivity index (χ1) is 7.90. The summed E-state index contributed by atoms with van der Waals surface area (Å²) in [6.07, 6.45) is 4.57. The summed E-state index contributed by atoms with van der Waals surface area (Å²) in [6.45, 7) is 13.6. The molecule has 1 fully saturated rings. The maximum Gasteiger partial charge on any atom is 0.249 e. The van der Waals surface area contributed by atoms with Crippen molar-refractivity contribution >= 4 is 14.1 Å². The largest absolute Gasteiger partial charge is 0.370 e. The summed E-state index contributed by atoms with van der Waals surface area (Å²) in [7, 11) is -0.557. The number of rotatable bonds is 5. The molecule has 1 saturated heterocycles. The molecule has 0 spiro atoms. The monoisotopic (exact) mass is 260 g/mol. The third-order valence-corrected chi connectivity index (χ3v) is 4.72. The van der Waals surface area contributed by atoms with Gasteiger partial charge in [-0.25, -0.2) is 0 Å². The molecule has 1 aliphatic rings. The summed E-state index contributed by atoms with van der Waals surface area (Å²) in [6, 6.07) is 0.579. The standard InChI is InChI=1S/C13H27NO2P/c1-10(2)14-7-12(5)16-13(8-14)9-15-17(6)11(3)4/h10-13H,6-9H2,1-5H3/q+1. The lowest BCUT2D eigenvalue weighted by atomic mass is 10.2. The third-order valence-electron chi connectivity index (χ3n) is 3.09. The number of nitrogens with zero attached hydrogens (tertiary/aromatic N) is 1. The molecular weight excluding hydrogens is 233 g/mol. The van der Waals surface area contributed by atoms with Crippen LogP contribution in [0.4, 0.5) is 0 Å². The fourth-order valence-electron chi connectivity index (χ4n) is 1.92. The van der Waals surface area contributed by atoms with Crippen molar-refractivity contribution in [2.45, 2.75) is 58.5 Å². The van der Waals surface area contributed by atoms with Gasteiger partial charge in [-0.1, -0.05) is 0 Å². The molecule has 1 aliphatic heterocycles. The second-order valence-corrected chi connectivity index (χ2v) is 7.55. The van der Waals surface area contributed by atoms with E-state index in [1.165, 1.54) is 0 Å². The Hall–Kier alpha value is 0.0500. The van der Waals surface area contributed by atoms with Gasteiger partial charge in [0.2, 0.25) is 7.77 Å². The lowest BCUT2D eigenvalue weighted by Crippen LogP contribution is -2.50. The molecule has 0 aromatic rings. The Kier molecular flexibility index (Phi) is 6.08. The van der Waals surface area contributed by atoms with Gasteiger partial charge in [0.25, 0.3) is 0 Å². The summed E-state index contributed by atoms with van der Waals surface area (Å²) in [5, 5.41) is 0. The minimum absolute atomic E-state index is 0.201. The Bertz CT molecular complexity index is 256. The molecule has 0 amide bonds. The molecule has 4 heteroatoms. The Labute approximate surface area is 107 Å². The van der Waals surface area contributed by atoms with Crippen molar-refractivity contribution in [3.8, 4) is 0 Å². The van der Waals surface area contributed by atoms with Crippen LogP contribution < -0.4 is 0 Å². The molecule has 1 heterocycles. The molecule has 3 nitrogen and oxygen atoms in total. The van der Waals surface area contributed by atoms with E-state index in [-0.39, 0.29) is 6.10 Å². The van der Waals surface area contributed by atoms with E-state index in [2.05, 4.69) is 45.8 Å². The van der Waals surface area contributed by atoms with Crippen LogP contribution in [0.3, 0.4) is 0 Å². The van der Waals surface area contributed by atoms with Crippen LogP contribution in [-0.2, 0) is 9.26 Å². The highest BCUT2D eigenvalue weighted by Gasteiger charge is 2.28. The van der Waals surface area contributed by atoms with Gasteiger partial charge in [-0.15, -0.1) is 0 Å². The molecule has 0 saturated carbocycles. The van der Waals surface area contributed by atoms with Gasteiger partial charge in [0, 0.05) is 19.1 Å². The Balaban J connectivity index is 2.40. The second-order valence-electron chi connectivity index (χ2n) is 5.42. The first kappa shape index (κ1) is 15.1. The third kappa shape index (κ3) is 5.05. The van der Waals surface area contributed by atoms with E-state index in [9.17, 15) is 0 Å². The number of hydrogen-bond acceptors (Lipinski definition) is 3. The van der Waals surface area contributed by atoms with Gasteiger partial charge in [-0.2, -0.15) is 4.52 Å². The van der Waals surface area contributed by atoms with E-state index in [0.29, 0.717) is 24.4 Å². The predicted molar refractivity (Wildman–Crippen MR) is 76.2 cm³/mol. The normalized spacial score (nSPS) is 27.8. The van der Waals surface area contributed by atoms with Gasteiger partial charge >= 0.3 is 0 Å². The van der Waals surface area contributed by atoms with E-state index in [1.54, 1.807) is 0 Å². The topological polar surface area (TPSA) is 21.7 Å². The summed E-state index contributed by atoms with van der Waals surface area (Å²) < 4.78 is 11.7. The summed E-state index contributed by atoms with van der Waals surface area (Å²) in [5.74, 6) is 0. The summed E-state index contributed by atoms with van der Waals surface area (Å²) in [4.78, 5) is 2.46. The number of morpholine rings is 1. The van der Waals surface area contributed by atoms with E-state index in [4.69, 9.17) is 9.26 Å². The van der Waals surface area contributed by atoms with Crippen LogP contribution in [0.2, 0.25) is 0 Å². The molecular formula is C13H27NO2P+. The molecule has 100 valence electrons. The van der Waals surface area contributed by atoms with Crippen LogP contribution >= 0.6 is 7.77 Å². The fraction of sp³-hybridized carbons (Fsp3) is 0.923. The van der Waals surface area contributed by atoms with Crippen molar-refractivity contribution in [3.63, 3.8) is 0 Å². The summed E-state index contributed by atoms with van der Waals surface area (Å²) in [5.41, 5.74) is 0.521. The van der Waals surface area contributed by atoms with Crippen molar-refractivity contribution in [2.75, 3.05) is 19.7 Å². The van der Waals surface area contributed by atoms with Crippen LogP contribution in [-0.4, -0.2) is 54.8 Å². The predicted octanol–water partition coefficient (Wildman–Crippen LogP) is 2.74. The van der Waals surface area contributed by atoms with Gasteiger partial charge in [0.1, 0.15) is 18.6 Å². The first-order valence-electron chi connectivity index (χ1n) is 6.52. The van der Waals surface area contributed by atoms with Crippen molar-refractivity contribution < 1.29 is 9.26 Å². The van der Waals surface area contributed by atoms with E-state index >= 15 is 0 Å². The van der Waals surface area contributed by atoms with Gasteiger partial charge in [0.05, 0.1) is 12.2 Å². The van der Waals surface area contributed by atoms with Gasteiger partial charge in [-0.3, -0.25) is 4.90 Å². The lowest BCUT2D eigenvalue weighted by molar-refractivity contribution is -0.0973. The van der Waals surface area contributed by atoms with E-state index in [0.717, 1.165) is 13.1 Å². The minimum Gasteiger partial charge on any atom is -0.370 e. The molecule has 3 atom stereocenters. The number of ether oxygens (including phenoxy) is 1. The molecule has 1 rings (SSSR count). The zero-order valence-electron chi connectivity index (χ0n) is 11.8. The van der Waals surface area contributed by atoms with Crippen molar-refractivity contribution in [1.82, 2.24) is 4.90 Å². The lowest BCUT2D eigenvalue weighted by Gasteiger charge is -2.38. The van der Waals surface area contributed by atoms with Crippen molar-refractivity contribution in [2.24, 2.45) is 0 Å². The highest BCUT2D eigenvalue weighted by Crippen LogP contribution is 2.29. The van der Waals surface area contributed by atoms with E-state index < -0.39 is 7.77 Å². The van der Waals surface area contributed by atoms with Crippen molar-refractivity contribution in [1.29, 1.82) is 0 Å². The molecule has 0 aromatic carbocycles. The average molecular weight is 260 g/mol. The first-order valence-corrected chi connectivity index (χ1v) is 8.03. The molecule has 3 unspecified atom stereocenters.